The van der Waals surface area contributed by atoms with Gasteiger partial charge in [0.05, 0.1) is 0 Å². The van der Waals surface area contributed by atoms with Crippen LogP contribution < -0.4 is 0 Å². The van der Waals surface area contributed by atoms with Crippen molar-refractivity contribution in [3.63, 3.8) is 0 Å². The summed E-state index contributed by atoms with van der Waals surface area (Å²) < 4.78 is 0. The molecule has 0 aliphatic carbocycles. The third kappa shape index (κ3) is 8.94. The normalized spacial score (nSPS) is 0. The summed E-state index contributed by atoms with van der Waals surface area (Å²) in [6.45, 7) is 0. The predicted molar refractivity (Wildman–Crippen MR) is 41.6 cm³/mol. The zero-order chi connectivity index (χ0) is 0. The summed E-state index contributed by atoms with van der Waals surface area (Å²) in [5, 5.41) is 0. The maximum atomic E-state index is 0. The molecule has 1 atom stereocenters. The summed E-state index contributed by atoms with van der Waals surface area (Å²) in [4.78, 5) is 0. The standard InChI is InChI=1S/AsH3.Ga.GeH4.H2S.3H/h1H3;;1H4;1H2;;;. The van der Waals surface area contributed by atoms with Crippen molar-refractivity contribution < 1.29 is 0 Å². The van der Waals surface area contributed by atoms with Crippen LogP contribution in [0.2, 0.25) is 0 Å². The first kappa shape index (κ1) is 36.2. The molecule has 0 radical (unpaired) electrons. The van der Waals surface area contributed by atoms with E-state index in [1.54, 1.807) is 0 Å². The van der Waals surface area contributed by atoms with Gasteiger partial charge in [-0.25, -0.2) is 0 Å². The zero-order valence-electron chi connectivity index (χ0n) is 1.21. The average molecular weight is 261 g/mol. The molecule has 4 heteroatoms. The van der Waals surface area contributed by atoms with Crippen molar-refractivity contribution in [3.05, 3.63) is 0 Å². The Hall–Kier alpha value is 2.09. The molecule has 0 aromatic carbocycles. The Balaban J connectivity index is 0. The fraction of sp³-hybridized carbons (Fsp3) is 0. The van der Waals surface area contributed by atoms with Crippen LogP contribution in [0.3, 0.4) is 0 Å². The van der Waals surface area contributed by atoms with Gasteiger partial charge in [-0.15, -0.1) is 0 Å². The maximum absolute atomic E-state index is 0. The quantitative estimate of drug-likeness (QED) is 0.394. The second-order valence-electron chi connectivity index (χ2n) is 0. The molecule has 0 aliphatic heterocycles. The fourth-order valence-electron chi connectivity index (χ4n) is 0. The van der Waals surface area contributed by atoms with Crippen LogP contribution in [0.1, 0.15) is 0 Å². The van der Waals surface area contributed by atoms with Crippen molar-refractivity contribution in [1.29, 1.82) is 0 Å². The molecule has 0 amide bonds. The molecular formula is H12AsGaGeS. The molecule has 0 rings (SSSR count). The monoisotopic (exact) mass is 262 g/mol. The molecule has 0 aromatic heterocycles. The Labute approximate surface area is 68.3 Å². The summed E-state index contributed by atoms with van der Waals surface area (Å²) >= 11 is 0. The Morgan fingerprint density at radius 2 is 1.00 bits per heavy atom. The minimum atomic E-state index is 0. The molecule has 0 aromatic rings. The topological polar surface area (TPSA) is 0 Å². The van der Waals surface area contributed by atoms with Crippen molar-refractivity contribution in [2.24, 2.45) is 0 Å². The van der Waals surface area contributed by atoms with Crippen LogP contribution in [-0.4, -0.2) is 55.3 Å². The van der Waals surface area contributed by atoms with E-state index in [0.29, 0.717) is 0 Å². The molecule has 0 nitrogen and oxygen atoms in total. The minimum absolute atomic E-state index is 0. The van der Waals surface area contributed by atoms with Gasteiger partial charge in [-0.2, -0.15) is 13.5 Å². The molecule has 0 N–H and O–H groups in total. The van der Waals surface area contributed by atoms with Gasteiger partial charge < -0.3 is 0 Å². The van der Waals surface area contributed by atoms with E-state index in [-0.39, 0.29) is 68.8 Å². The Kier molecular flexibility index (Phi) is 176. The second-order valence-corrected chi connectivity index (χ2v) is 0. The Morgan fingerprint density at radius 3 is 1.00 bits per heavy atom. The van der Waals surface area contributed by atoms with Crippen molar-refractivity contribution in [1.82, 2.24) is 0 Å². The van der Waals surface area contributed by atoms with Gasteiger partial charge in [-0.05, 0) is 0 Å². The molecule has 1 unspecified atom stereocenters. The number of hydrogen-bond donors (Lipinski definition) is 0. The van der Waals surface area contributed by atoms with Gasteiger partial charge in [0.1, 0.15) is 0 Å². The summed E-state index contributed by atoms with van der Waals surface area (Å²) in [5.74, 6) is 0. The van der Waals surface area contributed by atoms with E-state index in [2.05, 4.69) is 0 Å². The van der Waals surface area contributed by atoms with E-state index in [0.717, 1.165) is 0 Å². The molecule has 0 aliphatic rings. The van der Waals surface area contributed by atoms with Crippen LogP contribution in [0.15, 0.2) is 0 Å². The summed E-state index contributed by atoms with van der Waals surface area (Å²) in [6, 6.07) is 0. The third-order valence-corrected chi connectivity index (χ3v) is 0. The molecule has 0 spiro atoms. The zero-order valence-corrected chi connectivity index (χ0v) is 5.17. The molecule has 0 saturated heterocycles. The predicted octanol–water partition coefficient (Wildman–Crippen LogP) is -3.71. The van der Waals surface area contributed by atoms with Crippen molar-refractivity contribution >= 4 is 68.8 Å². The van der Waals surface area contributed by atoms with Gasteiger partial charge in [-0.3, -0.25) is 0 Å². The van der Waals surface area contributed by atoms with E-state index in [1.165, 1.54) is 0 Å². The van der Waals surface area contributed by atoms with Gasteiger partial charge in [0.2, 0.25) is 0 Å². The van der Waals surface area contributed by atoms with Gasteiger partial charge >= 0.3 is 55.3 Å². The van der Waals surface area contributed by atoms with E-state index in [1.807, 2.05) is 0 Å². The van der Waals surface area contributed by atoms with Crippen LogP contribution >= 0.6 is 13.5 Å². The first-order chi connectivity index (χ1) is 0. The van der Waals surface area contributed by atoms with Gasteiger partial charge in [0.15, 0.2) is 0 Å². The van der Waals surface area contributed by atoms with Crippen LogP contribution in [0.5, 0.6) is 0 Å². The van der Waals surface area contributed by atoms with E-state index in [9.17, 15) is 0 Å². The second kappa shape index (κ2) is 19.5. The molecule has 0 bridgehead atoms. The SMILES string of the molecule is S.[AsH3].[GaH3].[GeH4]. The molecule has 0 saturated carbocycles. The first-order valence-electron chi connectivity index (χ1n) is 0. The van der Waals surface area contributed by atoms with Gasteiger partial charge in [-0.1, -0.05) is 0 Å². The number of hydrogen-bond acceptors (Lipinski definition) is 0. The van der Waals surface area contributed by atoms with Gasteiger partial charge in [0, 0.05) is 0 Å². The van der Waals surface area contributed by atoms with E-state index < -0.39 is 0 Å². The van der Waals surface area contributed by atoms with Crippen molar-refractivity contribution in [2.45, 2.75) is 0 Å². The number of rotatable bonds is 0. The van der Waals surface area contributed by atoms with Crippen LogP contribution in [0.25, 0.3) is 0 Å². The average Bonchev–Trinajstić information content (AvgIpc) is 0. The molecule has 0 heterocycles. The van der Waals surface area contributed by atoms with Crippen molar-refractivity contribution in [2.75, 3.05) is 0 Å². The summed E-state index contributed by atoms with van der Waals surface area (Å²) in [6.07, 6.45) is 0. The third-order valence-electron chi connectivity index (χ3n) is 0. The Morgan fingerprint density at radius 1 is 1.00 bits per heavy atom. The van der Waals surface area contributed by atoms with Crippen LogP contribution in [0, 0.1) is 0 Å². The van der Waals surface area contributed by atoms with E-state index in [4.69, 9.17) is 0 Å². The summed E-state index contributed by atoms with van der Waals surface area (Å²) in [5.41, 5.74) is 0. The van der Waals surface area contributed by atoms with Crippen LogP contribution in [-0.2, 0) is 0 Å². The first-order valence-corrected chi connectivity index (χ1v) is 0. The molecule has 30 valence electrons. The summed E-state index contributed by atoms with van der Waals surface area (Å²) in [7, 11) is 0. The Bertz CT molecular complexity index is 8.00. The molecule has 4 heavy (non-hydrogen) atoms. The van der Waals surface area contributed by atoms with Gasteiger partial charge in [0.25, 0.3) is 0 Å². The van der Waals surface area contributed by atoms with Crippen LogP contribution in [0.4, 0.5) is 0 Å². The van der Waals surface area contributed by atoms with E-state index >= 15 is 0 Å². The molecule has 0 fully saturated rings. The fourth-order valence-corrected chi connectivity index (χ4v) is 0. The van der Waals surface area contributed by atoms with Crippen molar-refractivity contribution in [3.8, 4) is 0 Å². The molecular weight excluding hydrogens is 249 g/mol.